The Balaban J connectivity index is 1.85. The summed E-state index contributed by atoms with van der Waals surface area (Å²) in [6.45, 7) is 2.22. The molecule has 1 aromatic carbocycles. The summed E-state index contributed by atoms with van der Waals surface area (Å²) >= 11 is 4.97. The van der Waals surface area contributed by atoms with Crippen LogP contribution in [0.25, 0.3) is 10.9 Å². The fourth-order valence-corrected chi connectivity index (χ4v) is 3.35. The van der Waals surface area contributed by atoms with Gasteiger partial charge < -0.3 is 10.3 Å². The van der Waals surface area contributed by atoms with Crippen molar-refractivity contribution in [1.29, 1.82) is 0 Å². The second-order valence-corrected chi connectivity index (χ2v) is 6.52. The fraction of sp³-hybridized carbons (Fsp3) is 0.438. The van der Waals surface area contributed by atoms with Crippen LogP contribution in [-0.4, -0.2) is 21.9 Å². The highest BCUT2D eigenvalue weighted by Gasteiger charge is 2.21. The predicted molar refractivity (Wildman–Crippen MR) is 88.6 cm³/mol. The van der Waals surface area contributed by atoms with Crippen LogP contribution in [0.5, 0.6) is 0 Å². The van der Waals surface area contributed by atoms with Crippen LogP contribution in [0.1, 0.15) is 43.0 Å². The van der Waals surface area contributed by atoms with Crippen molar-refractivity contribution in [3.63, 3.8) is 0 Å². The van der Waals surface area contributed by atoms with Crippen LogP contribution >= 0.6 is 12.2 Å². The van der Waals surface area contributed by atoms with E-state index >= 15 is 0 Å². The maximum Gasteiger partial charge on any atom is 0.259 e. The van der Waals surface area contributed by atoms with Crippen LogP contribution in [0.4, 0.5) is 0 Å². The molecule has 1 heterocycles. The number of rotatable bonds is 2. The lowest BCUT2D eigenvalue weighted by molar-refractivity contribution is 0.0921. The number of carbonyl (C=O) groups is 1. The molecule has 0 radical (unpaired) electrons. The highest BCUT2D eigenvalue weighted by molar-refractivity contribution is 7.71. The van der Waals surface area contributed by atoms with Gasteiger partial charge in [0.1, 0.15) is 0 Å². The molecule has 22 heavy (non-hydrogen) atoms. The van der Waals surface area contributed by atoms with Gasteiger partial charge in [0.2, 0.25) is 0 Å². The van der Waals surface area contributed by atoms with E-state index in [4.69, 9.17) is 12.2 Å². The van der Waals surface area contributed by atoms with E-state index in [1.54, 1.807) is 18.2 Å². The Kier molecular flexibility index (Phi) is 4.11. The van der Waals surface area contributed by atoms with Gasteiger partial charge in [-0.05, 0) is 49.2 Å². The Labute approximate surface area is 133 Å². The van der Waals surface area contributed by atoms with Gasteiger partial charge in [0.25, 0.3) is 11.5 Å². The van der Waals surface area contributed by atoms with Crippen LogP contribution in [0.2, 0.25) is 0 Å². The molecule has 1 saturated carbocycles. The summed E-state index contributed by atoms with van der Waals surface area (Å²) in [6.07, 6.45) is 4.46. The van der Waals surface area contributed by atoms with Crippen molar-refractivity contribution < 1.29 is 4.79 Å². The molecule has 3 N–H and O–H groups in total. The minimum absolute atomic E-state index is 0.0967. The van der Waals surface area contributed by atoms with Gasteiger partial charge >= 0.3 is 0 Å². The van der Waals surface area contributed by atoms with Gasteiger partial charge in [-0.25, -0.2) is 0 Å². The van der Waals surface area contributed by atoms with E-state index in [2.05, 4.69) is 22.2 Å². The third-order valence-electron chi connectivity index (χ3n) is 4.27. The third kappa shape index (κ3) is 3.11. The van der Waals surface area contributed by atoms with E-state index in [0.717, 1.165) is 19.3 Å². The van der Waals surface area contributed by atoms with E-state index in [9.17, 15) is 9.59 Å². The normalized spacial score (nSPS) is 21.7. The Morgan fingerprint density at radius 3 is 2.91 bits per heavy atom. The summed E-state index contributed by atoms with van der Waals surface area (Å²) in [7, 11) is 0. The molecule has 5 nitrogen and oxygen atoms in total. The second-order valence-electron chi connectivity index (χ2n) is 6.11. The molecule has 1 aliphatic carbocycles. The van der Waals surface area contributed by atoms with Crippen molar-refractivity contribution in [3.05, 3.63) is 38.9 Å². The van der Waals surface area contributed by atoms with Gasteiger partial charge in [0, 0.05) is 11.6 Å². The van der Waals surface area contributed by atoms with Gasteiger partial charge in [0.05, 0.1) is 10.9 Å². The molecule has 0 spiro atoms. The maximum atomic E-state index is 12.4. The minimum Gasteiger partial charge on any atom is -0.349 e. The highest BCUT2D eigenvalue weighted by Crippen LogP contribution is 2.23. The summed E-state index contributed by atoms with van der Waals surface area (Å²) in [4.78, 5) is 29.6. The number of benzene rings is 1. The first-order chi connectivity index (χ1) is 10.5. The summed E-state index contributed by atoms with van der Waals surface area (Å²) < 4.78 is 0.260. The fourth-order valence-electron chi connectivity index (χ4n) is 3.14. The number of aromatic nitrogens is 2. The van der Waals surface area contributed by atoms with Crippen molar-refractivity contribution in [2.24, 2.45) is 5.92 Å². The predicted octanol–water partition coefficient (Wildman–Crippen LogP) is 2.89. The SMILES string of the molecule is CC1CCCC(NC(=O)c2ccc3c(=O)[nH]c(=S)[nH]c3c2)C1. The van der Waals surface area contributed by atoms with Crippen LogP contribution in [0, 0.1) is 10.7 Å². The molecule has 1 fully saturated rings. The molecule has 2 aromatic rings. The number of hydrogen-bond donors (Lipinski definition) is 3. The summed E-state index contributed by atoms with van der Waals surface area (Å²) in [6, 6.07) is 5.25. The Hall–Kier alpha value is -1.95. The Bertz CT molecular complexity index is 824. The van der Waals surface area contributed by atoms with Gasteiger partial charge in [0.15, 0.2) is 4.77 Å². The average Bonchev–Trinajstić information content (AvgIpc) is 2.46. The van der Waals surface area contributed by atoms with Gasteiger partial charge in [-0.2, -0.15) is 0 Å². The quantitative estimate of drug-likeness (QED) is 0.745. The first-order valence-corrected chi connectivity index (χ1v) is 8.01. The zero-order chi connectivity index (χ0) is 15.7. The molecule has 1 amide bonds. The topological polar surface area (TPSA) is 77.8 Å². The Morgan fingerprint density at radius 1 is 1.32 bits per heavy atom. The number of H-pyrrole nitrogens is 2. The average molecular weight is 317 g/mol. The highest BCUT2D eigenvalue weighted by atomic mass is 32.1. The number of aromatic amines is 2. The molecule has 2 atom stereocenters. The lowest BCUT2D eigenvalue weighted by Gasteiger charge is -2.27. The lowest BCUT2D eigenvalue weighted by Crippen LogP contribution is -2.38. The zero-order valence-electron chi connectivity index (χ0n) is 12.4. The number of hydrogen-bond acceptors (Lipinski definition) is 3. The van der Waals surface area contributed by atoms with Crippen molar-refractivity contribution in [2.45, 2.75) is 38.6 Å². The van der Waals surface area contributed by atoms with Gasteiger partial charge in [-0.15, -0.1) is 0 Å². The number of nitrogens with one attached hydrogen (secondary N) is 3. The maximum absolute atomic E-state index is 12.4. The van der Waals surface area contributed by atoms with E-state index in [0.29, 0.717) is 22.4 Å². The standard InChI is InChI=1S/C16H19N3O2S/c1-9-3-2-4-11(7-9)17-14(20)10-5-6-12-13(8-10)18-16(22)19-15(12)21/h5-6,8-9,11H,2-4,7H2,1H3,(H,17,20)(H2,18,19,21,22). The molecule has 1 aromatic heterocycles. The van der Waals surface area contributed by atoms with E-state index < -0.39 is 0 Å². The first-order valence-electron chi connectivity index (χ1n) is 7.60. The van der Waals surface area contributed by atoms with Crippen molar-refractivity contribution in [3.8, 4) is 0 Å². The largest absolute Gasteiger partial charge is 0.349 e. The van der Waals surface area contributed by atoms with Crippen molar-refractivity contribution >= 4 is 29.0 Å². The number of carbonyl (C=O) groups excluding carboxylic acids is 1. The second kappa shape index (κ2) is 6.04. The molecule has 0 aliphatic heterocycles. The van der Waals surface area contributed by atoms with Gasteiger partial charge in [-0.3, -0.25) is 14.6 Å². The molecule has 116 valence electrons. The van der Waals surface area contributed by atoms with Crippen molar-refractivity contribution in [2.75, 3.05) is 0 Å². The van der Waals surface area contributed by atoms with Crippen LogP contribution < -0.4 is 10.9 Å². The molecule has 6 heteroatoms. The smallest absolute Gasteiger partial charge is 0.259 e. The van der Waals surface area contributed by atoms with E-state index in [1.807, 2.05) is 0 Å². The molecular weight excluding hydrogens is 298 g/mol. The minimum atomic E-state index is -0.244. The monoisotopic (exact) mass is 317 g/mol. The molecular formula is C16H19N3O2S. The first kappa shape index (κ1) is 15.0. The molecule has 1 aliphatic rings. The van der Waals surface area contributed by atoms with Crippen LogP contribution in [0.3, 0.4) is 0 Å². The van der Waals surface area contributed by atoms with Crippen LogP contribution in [-0.2, 0) is 0 Å². The molecule has 0 bridgehead atoms. The number of amides is 1. The lowest BCUT2D eigenvalue weighted by atomic mass is 9.87. The number of fused-ring (bicyclic) bond motifs is 1. The van der Waals surface area contributed by atoms with Gasteiger partial charge in [-0.1, -0.05) is 19.8 Å². The summed E-state index contributed by atoms with van der Waals surface area (Å²) in [5.41, 5.74) is 0.882. The van der Waals surface area contributed by atoms with Crippen LogP contribution in [0.15, 0.2) is 23.0 Å². The van der Waals surface area contributed by atoms with E-state index in [-0.39, 0.29) is 22.3 Å². The molecule has 3 rings (SSSR count). The summed E-state index contributed by atoms with van der Waals surface area (Å²) in [5.74, 6) is 0.561. The van der Waals surface area contributed by atoms with E-state index in [1.165, 1.54) is 6.42 Å². The molecule has 2 unspecified atom stereocenters. The van der Waals surface area contributed by atoms with Crippen molar-refractivity contribution in [1.82, 2.24) is 15.3 Å². The third-order valence-corrected chi connectivity index (χ3v) is 4.48. The summed E-state index contributed by atoms with van der Waals surface area (Å²) in [5, 5.41) is 3.59. The molecule has 0 saturated heterocycles. The zero-order valence-corrected chi connectivity index (χ0v) is 13.3. The Morgan fingerprint density at radius 2 is 2.14 bits per heavy atom.